The Morgan fingerprint density at radius 3 is 2.73 bits per heavy atom. The maximum atomic E-state index is 12.3. The minimum Gasteiger partial charge on any atom is -0.378 e. The summed E-state index contributed by atoms with van der Waals surface area (Å²) in [6.07, 6.45) is 1.07. The van der Waals surface area contributed by atoms with E-state index in [4.69, 9.17) is 4.74 Å². The number of hydrogen-bond acceptors (Lipinski definition) is 4. The summed E-state index contributed by atoms with van der Waals surface area (Å²) in [5.41, 5.74) is -0.0397. The number of thiophene rings is 1. The summed E-state index contributed by atoms with van der Waals surface area (Å²) in [6.45, 7) is 8.89. The van der Waals surface area contributed by atoms with Gasteiger partial charge in [0.1, 0.15) is 0 Å². The fraction of sp³-hybridized carbons (Fsp3) is 0.625. The number of rotatable bonds is 6. The zero-order chi connectivity index (χ0) is 16.3. The molecular weight excluding hydrogens is 300 g/mol. The lowest BCUT2D eigenvalue weighted by Crippen LogP contribution is -2.62. The van der Waals surface area contributed by atoms with Crippen LogP contribution in [0.15, 0.2) is 12.1 Å². The van der Waals surface area contributed by atoms with E-state index in [2.05, 4.69) is 24.5 Å². The van der Waals surface area contributed by atoms with Gasteiger partial charge >= 0.3 is 0 Å². The SMILES string of the molecule is CCOC1CC(NC(=O)c2ccc(CNC(C)=O)s2)C1(C)C. The zero-order valence-electron chi connectivity index (χ0n) is 13.6. The second kappa shape index (κ2) is 6.79. The molecule has 2 rings (SSSR count). The van der Waals surface area contributed by atoms with E-state index >= 15 is 0 Å². The number of carbonyl (C=O) groups excluding carboxylic acids is 2. The van der Waals surface area contributed by atoms with Crippen molar-refractivity contribution in [2.75, 3.05) is 6.61 Å². The van der Waals surface area contributed by atoms with Gasteiger partial charge in [-0.3, -0.25) is 9.59 Å². The largest absolute Gasteiger partial charge is 0.378 e. The summed E-state index contributed by atoms with van der Waals surface area (Å²) in [7, 11) is 0. The quantitative estimate of drug-likeness (QED) is 0.844. The van der Waals surface area contributed by atoms with Gasteiger partial charge in [0.15, 0.2) is 0 Å². The van der Waals surface area contributed by atoms with Gasteiger partial charge in [0.25, 0.3) is 5.91 Å². The fourth-order valence-corrected chi connectivity index (χ4v) is 3.50. The maximum Gasteiger partial charge on any atom is 0.261 e. The Bertz CT molecular complexity index is 553. The van der Waals surface area contributed by atoms with E-state index in [1.165, 1.54) is 18.3 Å². The lowest BCUT2D eigenvalue weighted by atomic mass is 9.64. The molecule has 1 heterocycles. The molecule has 2 amide bonds. The van der Waals surface area contributed by atoms with Gasteiger partial charge in [-0.2, -0.15) is 0 Å². The molecule has 0 bridgehead atoms. The van der Waals surface area contributed by atoms with Gasteiger partial charge in [0.2, 0.25) is 5.91 Å². The molecule has 6 heteroatoms. The number of nitrogens with one attached hydrogen (secondary N) is 2. The molecule has 1 aliphatic rings. The molecule has 1 aromatic heterocycles. The Hall–Kier alpha value is -1.40. The molecule has 1 aliphatic carbocycles. The molecule has 2 atom stereocenters. The van der Waals surface area contributed by atoms with E-state index in [1.54, 1.807) is 0 Å². The summed E-state index contributed by atoms with van der Waals surface area (Å²) < 4.78 is 5.68. The van der Waals surface area contributed by atoms with Crippen molar-refractivity contribution in [2.24, 2.45) is 5.41 Å². The predicted molar refractivity (Wildman–Crippen MR) is 86.9 cm³/mol. The van der Waals surface area contributed by atoms with Gasteiger partial charge < -0.3 is 15.4 Å². The van der Waals surface area contributed by atoms with Gasteiger partial charge in [-0.05, 0) is 25.5 Å². The van der Waals surface area contributed by atoms with E-state index in [1.807, 2.05) is 19.1 Å². The van der Waals surface area contributed by atoms with E-state index in [9.17, 15) is 9.59 Å². The van der Waals surface area contributed by atoms with E-state index < -0.39 is 0 Å². The number of hydrogen-bond donors (Lipinski definition) is 2. The van der Waals surface area contributed by atoms with Crippen LogP contribution in [0.25, 0.3) is 0 Å². The second-order valence-electron chi connectivity index (χ2n) is 6.20. The highest BCUT2D eigenvalue weighted by Crippen LogP contribution is 2.42. The van der Waals surface area contributed by atoms with Gasteiger partial charge in [-0.1, -0.05) is 13.8 Å². The van der Waals surface area contributed by atoms with Gasteiger partial charge in [0.05, 0.1) is 17.5 Å². The number of ether oxygens (including phenoxy) is 1. The first kappa shape index (κ1) is 17.0. The molecule has 22 heavy (non-hydrogen) atoms. The van der Waals surface area contributed by atoms with Crippen LogP contribution in [0.1, 0.15) is 48.7 Å². The summed E-state index contributed by atoms with van der Waals surface area (Å²) in [5.74, 6) is -0.121. The molecule has 122 valence electrons. The minimum atomic E-state index is -0.0717. The molecule has 0 aliphatic heterocycles. The third kappa shape index (κ3) is 3.67. The molecule has 2 unspecified atom stereocenters. The van der Waals surface area contributed by atoms with E-state index in [0.29, 0.717) is 18.0 Å². The average Bonchev–Trinajstić information content (AvgIpc) is 2.93. The first-order valence-electron chi connectivity index (χ1n) is 7.60. The summed E-state index contributed by atoms with van der Waals surface area (Å²) in [6, 6.07) is 3.82. The Morgan fingerprint density at radius 1 is 1.41 bits per heavy atom. The standard InChI is InChI=1S/C16H24N2O3S/c1-5-21-14-8-13(16(14,3)4)18-15(20)12-7-6-11(22-12)9-17-10(2)19/h6-7,13-14H,5,8-9H2,1-4H3,(H,17,19)(H,18,20). The van der Waals surface area contributed by atoms with Crippen molar-refractivity contribution in [3.63, 3.8) is 0 Å². The average molecular weight is 324 g/mol. The van der Waals surface area contributed by atoms with E-state index in [-0.39, 0.29) is 29.4 Å². The van der Waals surface area contributed by atoms with Crippen molar-refractivity contribution < 1.29 is 14.3 Å². The van der Waals surface area contributed by atoms with E-state index in [0.717, 1.165) is 11.3 Å². The minimum absolute atomic E-state index is 0.0397. The smallest absolute Gasteiger partial charge is 0.261 e. The summed E-state index contributed by atoms with van der Waals surface area (Å²) >= 11 is 1.41. The summed E-state index contributed by atoms with van der Waals surface area (Å²) in [4.78, 5) is 24.9. The molecule has 1 fully saturated rings. The normalized spacial score (nSPS) is 22.7. The highest BCUT2D eigenvalue weighted by atomic mass is 32.1. The molecule has 0 aromatic carbocycles. The van der Waals surface area contributed by atoms with Crippen molar-refractivity contribution in [3.05, 3.63) is 21.9 Å². The molecule has 2 N–H and O–H groups in total. The van der Waals surface area contributed by atoms with Crippen LogP contribution in [-0.4, -0.2) is 30.6 Å². The van der Waals surface area contributed by atoms with Crippen molar-refractivity contribution >= 4 is 23.2 Å². The highest BCUT2D eigenvalue weighted by molar-refractivity contribution is 7.14. The van der Waals surface area contributed by atoms with Gasteiger partial charge in [-0.25, -0.2) is 0 Å². The maximum absolute atomic E-state index is 12.3. The van der Waals surface area contributed by atoms with Crippen LogP contribution in [-0.2, 0) is 16.1 Å². The van der Waals surface area contributed by atoms with Crippen LogP contribution >= 0.6 is 11.3 Å². The fourth-order valence-electron chi connectivity index (χ4n) is 2.65. The van der Waals surface area contributed by atoms with Crippen LogP contribution in [0.2, 0.25) is 0 Å². The number of amides is 2. The Morgan fingerprint density at radius 2 is 2.14 bits per heavy atom. The molecule has 0 radical (unpaired) electrons. The molecule has 0 spiro atoms. The third-order valence-corrected chi connectivity index (χ3v) is 5.33. The molecule has 1 saturated carbocycles. The molecule has 0 saturated heterocycles. The monoisotopic (exact) mass is 324 g/mol. The lowest BCUT2D eigenvalue weighted by Gasteiger charge is -2.51. The van der Waals surface area contributed by atoms with Crippen LogP contribution in [0.5, 0.6) is 0 Å². The van der Waals surface area contributed by atoms with Crippen molar-refractivity contribution in [1.29, 1.82) is 0 Å². The first-order chi connectivity index (χ1) is 10.3. The first-order valence-corrected chi connectivity index (χ1v) is 8.41. The van der Waals surface area contributed by atoms with Crippen LogP contribution in [0, 0.1) is 5.41 Å². The number of carbonyl (C=O) groups is 2. The zero-order valence-corrected chi connectivity index (χ0v) is 14.4. The van der Waals surface area contributed by atoms with Crippen LogP contribution < -0.4 is 10.6 Å². The van der Waals surface area contributed by atoms with Crippen molar-refractivity contribution in [2.45, 2.75) is 52.8 Å². The van der Waals surface area contributed by atoms with Crippen molar-refractivity contribution in [1.82, 2.24) is 10.6 Å². The van der Waals surface area contributed by atoms with Gasteiger partial charge in [-0.15, -0.1) is 11.3 Å². The van der Waals surface area contributed by atoms with Crippen molar-refractivity contribution in [3.8, 4) is 0 Å². The summed E-state index contributed by atoms with van der Waals surface area (Å²) in [5, 5.41) is 5.83. The predicted octanol–water partition coefficient (Wildman–Crippen LogP) is 2.32. The molecular formula is C16H24N2O3S. The Labute approximate surface area is 135 Å². The second-order valence-corrected chi connectivity index (χ2v) is 7.37. The lowest BCUT2D eigenvalue weighted by molar-refractivity contribution is -0.119. The van der Waals surface area contributed by atoms with Crippen LogP contribution in [0.4, 0.5) is 0 Å². The van der Waals surface area contributed by atoms with Crippen LogP contribution in [0.3, 0.4) is 0 Å². The topological polar surface area (TPSA) is 67.4 Å². The molecule has 5 nitrogen and oxygen atoms in total. The van der Waals surface area contributed by atoms with Gasteiger partial charge in [0, 0.05) is 29.9 Å². The highest BCUT2D eigenvalue weighted by Gasteiger charge is 2.49. The third-order valence-electron chi connectivity index (χ3n) is 4.25. The molecule has 1 aromatic rings. The Kier molecular flexibility index (Phi) is 5.24. The Balaban J connectivity index is 1.89.